The topological polar surface area (TPSA) is 149 Å². The fourth-order valence-corrected chi connectivity index (χ4v) is 3.99. The number of benzene rings is 2. The number of hydrogen-bond donors (Lipinski definition) is 0. The zero-order chi connectivity index (χ0) is 17.9. The minimum atomic E-state index is -5.04. The molecular weight excluding hydrogens is 438 g/mol. The molecule has 1 aliphatic rings. The van der Waals surface area contributed by atoms with Crippen LogP contribution in [0, 0.1) is 0 Å². The third-order valence-electron chi connectivity index (χ3n) is 3.53. The average Bonchev–Trinajstić information content (AvgIpc) is 2.49. The Hall–Kier alpha value is 0.873. The van der Waals surface area contributed by atoms with E-state index in [0.717, 1.165) is 36.4 Å². The minimum absolute atomic E-state index is 0. The van der Waals surface area contributed by atoms with Crippen molar-refractivity contribution in [1.29, 1.82) is 0 Å². The summed E-state index contributed by atoms with van der Waals surface area (Å²) in [5.74, 6) is -2.03. The summed E-state index contributed by atoms with van der Waals surface area (Å²) < 4.78 is 68.0. The van der Waals surface area contributed by atoms with Crippen LogP contribution in [0.5, 0.6) is 0 Å². The van der Waals surface area contributed by atoms with E-state index >= 15 is 0 Å². The van der Waals surface area contributed by atoms with Gasteiger partial charge < -0.3 is 9.11 Å². The first kappa shape index (κ1) is 24.9. The summed E-state index contributed by atoms with van der Waals surface area (Å²) in [5, 5.41) is 0. The van der Waals surface area contributed by atoms with Crippen LogP contribution in [-0.2, 0) is 20.2 Å². The van der Waals surface area contributed by atoms with Crippen LogP contribution in [0.2, 0.25) is 0 Å². The molecule has 2 aromatic carbocycles. The fourth-order valence-electron chi connectivity index (χ4n) is 2.60. The molecule has 1 aliphatic carbocycles. The second kappa shape index (κ2) is 8.71. The molecule has 0 amide bonds. The Balaban J connectivity index is 0.00000169. The third kappa shape index (κ3) is 4.38. The van der Waals surface area contributed by atoms with Gasteiger partial charge in [-0.15, -0.1) is 0 Å². The molecule has 0 saturated heterocycles. The van der Waals surface area contributed by atoms with Crippen molar-refractivity contribution >= 4 is 31.8 Å². The van der Waals surface area contributed by atoms with Crippen LogP contribution < -0.4 is 103 Å². The third-order valence-corrected chi connectivity index (χ3v) is 5.29. The van der Waals surface area contributed by atoms with E-state index in [1.165, 1.54) is 0 Å². The quantitative estimate of drug-likeness (QED) is 0.280. The summed E-state index contributed by atoms with van der Waals surface area (Å²) in [7, 11) is -10.1. The van der Waals surface area contributed by atoms with E-state index in [1.807, 2.05) is 0 Å². The normalized spacial score (nSPS) is 13.2. The van der Waals surface area contributed by atoms with E-state index in [1.54, 1.807) is 0 Å². The van der Waals surface area contributed by atoms with Gasteiger partial charge in [0.2, 0.25) is 0 Å². The Morgan fingerprint density at radius 2 is 0.923 bits per heavy atom. The van der Waals surface area contributed by atoms with Gasteiger partial charge in [-0.2, -0.15) is 0 Å². The van der Waals surface area contributed by atoms with Gasteiger partial charge >= 0.3 is 103 Å². The Morgan fingerprint density at radius 3 is 1.19 bits per heavy atom. The van der Waals surface area contributed by atoms with Crippen LogP contribution in [0.4, 0.5) is 0 Å². The predicted octanol–water partition coefficient (Wildman–Crippen LogP) is -5.72. The van der Waals surface area contributed by atoms with E-state index in [0.29, 0.717) is 0 Å². The number of carbonyl (C=O) groups is 2. The van der Waals surface area contributed by atoms with Crippen LogP contribution in [0.15, 0.2) is 46.2 Å². The molecule has 0 aliphatic heterocycles. The molecule has 26 heavy (non-hydrogen) atoms. The zero-order valence-corrected chi connectivity index (χ0v) is 21.4. The molecule has 0 unspecified atom stereocenters. The van der Waals surface area contributed by atoms with Crippen molar-refractivity contribution in [1.82, 2.24) is 0 Å². The summed E-state index contributed by atoms with van der Waals surface area (Å²) in [6.07, 6.45) is 0. The first-order chi connectivity index (χ1) is 11.0. The summed E-state index contributed by atoms with van der Waals surface area (Å²) in [6.45, 7) is 0. The van der Waals surface area contributed by atoms with Crippen LogP contribution in [0.25, 0.3) is 0 Å². The van der Waals surface area contributed by atoms with Gasteiger partial charge in [-0.3, -0.25) is 9.59 Å². The number of fused-ring (bicyclic) bond motifs is 2. The molecular formula is C14H6K2O8S2. The SMILES string of the molecule is O=C1c2cccc(S(=O)(=O)[O-])c2C(=O)c2cccc(S(=O)(=O)[O-])c21.[K+].[K+]. The van der Waals surface area contributed by atoms with Gasteiger partial charge in [0, 0.05) is 11.1 Å². The number of carbonyl (C=O) groups excluding carboxylic acids is 2. The summed E-state index contributed by atoms with van der Waals surface area (Å²) in [5.41, 5.74) is -2.13. The van der Waals surface area contributed by atoms with Crippen molar-refractivity contribution < 1.29 is 138 Å². The second-order valence-corrected chi connectivity index (χ2v) is 7.62. The van der Waals surface area contributed by atoms with E-state index in [2.05, 4.69) is 0 Å². The predicted molar refractivity (Wildman–Crippen MR) is 75.7 cm³/mol. The van der Waals surface area contributed by atoms with Crippen molar-refractivity contribution in [2.24, 2.45) is 0 Å². The van der Waals surface area contributed by atoms with Crippen molar-refractivity contribution in [3.8, 4) is 0 Å². The molecule has 124 valence electrons. The Kier molecular flexibility index (Phi) is 8.34. The van der Waals surface area contributed by atoms with Gasteiger partial charge in [0.05, 0.1) is 20.9 Å². The van der Waals surface area contributed by atoms with Crippen LogP contribution in [0.1, 0.15) is 31.8 Å². The molecule has 8 nitrogen and oxygen atoms in total. The number of ketones is 2. The summed E-state index contributed by atoms with van der Waals surface area (Å²) in [4.78, 5) is 23.3. The average molecular weight is 445 g/mol. The molecule has 0 saturated carbocycles. The second-order valence-electron chi connectivity index (χ2n) is 4.92. The van der Waals surface area contributed by atoms with Gasteiger partial charge in [-0.05, 0) is 12.1 Å². The van der Waals surface area contributed by atoms with Crippen LogP contribution in [0.3, 0.4) is 0 Å². The first-order valence-corrected chi connectivity index (χ1v) is 9.12. The maximum absolute atomic E-state index is 12.5. The molecule has 2 aromatic rings. The van der Waals surface area contributed by atoms with E-state index in [9.17, 15) is 35.5 Å². The Bertz CT molecular complexity index is 1050. The van der Waals surface area contributed by atoms with Gasteiger partial charge in [-0.25, -0.2) is 16.8 Å². The largest absolute Gasteiger partial charge is 1.00 e. The first-order valence-electron chi connectivity index (χ1n) is 6.30. The van der Waals surface area contributed by atoms with Gasteiger partial charge in [-0.1, -0.05) is 24.3 Å². The van der Waals surface area contributed by atoms with Gasteiger partial charge in [0.1, 0.15) is 20.2 Å². The molecule has 12 heteroatoms. The molecule has 0 spiro atoms. The van der Waals surface area contributed by atoms with Crippen molar-refractivity contribution in [3.63, 3.8) is 0 Å². The van der Waals surface area contributed by atoms with E-state index < -0.39 is 63.8 Å². The van der Waals surface area contributed by atoms with Crippen molar-refractivity contribution in [3.05, 3.63) is 58.7 Å². The van der Waals surface area contributed by atoms with Crippen molar-refractivity contribution in [2.45, 2.75) is 9.79 Å². The maximum Gasteiger partial charge on any atom is 1.00 e. The number of rotatable bonds is 2. The summed E-state index contributed by atoms with van der Waals surface area (Å²) in [6, 6.07) is 6.09. The monoisotopic (exact) mass is 444 g/mol. The van der Waals surface area contributed by atoms with Gasteiger partial charge in [0.25, 0.3) is 0 Å². The van der Waals surface area contributed by atoms with E-state index in [-0.39, 0.29) is 103 Å². The molecule has 0 bridgehead atoms. The van der Waals surface area contributed by atoms with E-state index in [4.69, 9.17) is 0 Å². The van der Waals surface area contributed by atoms with Gasteiger partial charge in [0.15, 0.2) is 11.6 Å². The molecule has 0 aromatic heterocycles. The number of hydrogen-bond acceptors (Lipinski definition) is 8. The molecule has 0 N–H and O–H groups in total. The standard InChI is InChI=1S/C14H8O8S2.2K/c15-13-7-3-1-5-9(23(17,18)19)11(7)14(16)8-4-2-6-10(12(8)13)24(20,21)22;;/h1-6H,(H,17,18,19)(H,20,21,22);;/q;2*+1/p-2. The Morgan fingerprint density at radius 1 is 0.615 bits per heavy atom. The van der Waals surface area contributed by atoms with Crippen LogP contribution in [-0.4, -0.2) is 37.5 Å². The molecule has 0 atom stereocenters. The zero-order valence-electron chi connectivity index (χ0n) is 13.5. The minimum Gasteiger partial charge on any atom is -0.744 e. The fraction of sp³-hybridized carbons (Fsp3) is 0. The molecule has 0 fully saturated rings. The molecule has 3 rings (SSSR count). The molecule has 0 radical (unpaired) electrons. The smallest absolute Gasteiger partial charge is 0.744 e. The summed E-state index contributed by atoms with van der Waals surface area (Å²) >= 11 is 0. The molecule has 0 heterocycles. The maximum atomic E-state index is 12.5. The Labute approximate surface area is 234 Å². The van der Waals surface area contributed by atoms with Crippen molar-refractivity contribution in [2.75, 3.05) is 0 Å². The van der Waals surface area contributed by atoms with Crippen LogP contribution >= 0.6 is 0 Å².